The first kappa shape index (κ1) is 23.6. The molecule has 0 aliphatic carbocycles. The van der Waals surface area contributed by atoms with Gasteiger partial charge in [0, 0.05) is 23.6 Å². The van der Waals surface area contributed by atoms with Gasteiger partial charge in [-0.05, 0) is 36.4 Å². The van der Waals surface area contributed by atoms with E-state index in [4.69, 9.17) is 10.5 Å². The second kappa shape index (κ2) is 9.37. The number of aromatic nitrogens is 4. The molecule has 11 heteroatoms. The van der Waals surface area contributed by atoms with Gasteiger partial charge in [0.15, 0.2) is 0 Å². The molecule has 0 aliphatic heterocycles. The van der Waals surface area contributed by atoms with E-state index < -0.39 is 17.7 Å². The predicted octanol–water partition coefficient (Wildman–Crippen LogP) is 5.26. The van der Waals surface area contributed by atoms with Crippen LogP contribution in [0.5, 0.6) is 11.6 Å². The fourth-order valence-corrected chi connectivity index (χ4v) is 3.08. The Kier molecular flexibility index (Phi) is 6.32. The van der Waals surface area contributed by atoms with Crippen molar-refractivity contribution >= 4 is 23.4 Å². The fourth-order valence-electron chi connectivity index (χ4n) is 3.08. The standard InChI is InChI=1S/C24H23F2N7O2/c1-24(2,3)19-11-21(33(32-19)15-6-4-14(25)5-7-15)31-23(34)30-18-9-8-16(10-17(18)26)35-22-12-20(27)28-13-29-22/h4-13H,1-3H3,(H2,27,28,29)(H2,30,31,34). The van der Waals surface area contributed by atoms with Crippen LogP contribution >= 0.6 is 0 Å². The van der Waals surface area contributed by atoms with Crippen LogP contribution in [0.15, 0.2) is 60.9 Å². The van der Waals surface area contributed by atoms with E-state index in [1.54, 1.807) is 18.2 Å². The zero-order valence-corrected chi connectivity index (χ0v) is 19.2. The number of halogens is 2. The number of anilines is 3. The number of urea groups is 1. The first-order valence-corrected chi connectivity index (χ1v) is 10.6. The quantitative estimate of drug-likeness (QED) is 0.359. The number of hydrogen-bond acceptors (Lipinski definition) is 6. The van der Waals surface area contributed by atoms with Gasteiger partial charge in [-0.25, -0.2) is 28.2 Å². The molecule has 0 fully saturated rings. The minimum atomic E-state index is -0.720. The molecule has 2 amide bonds. The van der Waals surface area contributed by atoms with Crippen LogP contribution in [0.3, 0.4) is 0 Å². The minimum absolute atomic E-state index is 0.0686. The molecule has 0 aliphatic rings. The normalized spacial score (nSPS) is 11.2. The third-order valence-electron chi connectivity index (χ3n) is 4.86. The molecule has 0 saturated carbocycles. The summed E-state index contributed by atoms with van der Waals surface area (Å²) in [6.45, 7) is 5.93. The molecule has 0 unspecified atom stereocenters. The maximum absolute atomic E-state index is 14.6. The van der Waals surface area contributed by atoms with E-state index in [0.29, 0.717) is 17.2 Å². The van der Waals surface area contributed by atoms with Crippen molar-refractivity contribution in [2.24, 2.45) is 0 Å². The van der Waals surface area contributed by atoms with Crippen molar-refractivity contribution in [1.29, 1.82) is 0 Å². The van der Waals surface area contributed by atoms with Gasteiger partial charge in [0.2, 0.25) is 5.88 Å². The molecular formula is C24H23F2N7O2. The number of ether oxygens (including phenoxy) is 1. The smallest absolute Gasteiger partial charge is 0.324 e. The van der Waals surface area contributed by atoms with E-state index in [1.165, 1.54) is 41.3 Å². The van der Waals surface area contributed by atoms with Gasteiger partial charge in [-0.3, -0.25) is 5.32 Å². The Morgan fingerprint density at radius 1 is 1.00 bits per heavy atom. The summed E-state index contributed by atoms with van der Waals surface area (Å²) in [4.78, 5) is 20.3. The summed E-state index contributed by atoms with van der Waals surface area (Å²) in [5.41, 5.74) is 6.46. The van der Waals surface area contributed by atoms with E-state index >= 15 is 0 Å². The highest BCUT2D eigenvalue weighted by Crippen LogP contribution is 2.28. The number of carbonyl (C=O) groups is 1. The van der Waals surface area contributed by atoms with Crippen LogP contribution in [0, 0.1) is 11.6 Å². The summed E-state index contributed by atoms with van der Waals surface area (Å²) >= 11 is 0. The molecule has 0 bridgehead atoms. The Morgan fingerprint density at radius 2 is 1.74 bits per heavy atom. The molecule has 0 saturated heterocycles. The Morgan fingerprint density at radius 3 is 2.40 bits per heavy atom. The van der Waals surface area contributed by atoms with Crippen molar-refractivity contribution in [1.82, 2.24) is 19.7 Å². The Bertz CT molecular complexity index is 1370. The van der Waals surface area contributed by atoms with Crippen LogP contribution in [0.1, 0.15) is 26.5 Å². The summed E-state index contributed by atoms with van der Waals surface area (Å²) in [6, 6.07) is 12.0. The number of nitrogen functional groups attached to an aromatic ring is 1. The molecule has 2 aromatic heterocycles. The number of rotatable bonds is 5. The summed E-state index contributed by atoms with van der Waals surface area (Å²) in [7, 11) is 0. The van der Waals surface area contributed by atoms with Crippen LogP contribution in [-0.2, 0) is 5.41 Å². The third kappa shape index (κ3) is 5.69. The average Bonchev–Trinajstić information content (AvgIpc) is 3.20. The van der Waals surface area contributed by atoms with Crippen LogP contribution in [0.2, 0.25) is 0 Å². The SMILES string of the molecule is CC(C)(C)c1cc(NC(=O)Nc2ccc(Oc3cc(N)ncn3)cc2F)n(-c2ccc(F)cc2)n1. The second-order valence-corrected chi connectivity index (χ2v) is 8.66. The van der Waals surface area contributed by atoms with Gasteiger partial charge in [-0.2, -0.15) is 5.10 Å². The van der Waals surface area contributed by atoms with E-state index in [1.807, 2.05) is 20.8 Å². The zero-order valence-electron chi connectivity index (χ0n) is 19.2. The lowest BCUT2D eigenvalue weighted by molar-refractivity contribution is 0.262. The van der Waals surface area contributed by atoms with Gasteiger partial charge in [0.1, 0.15) is 35.3 Å². The maximum Gasteiger partial charge on any atom is 0.324 e. The van der Waals surface area contributed by atoms with E-state index in [2.05, 4.69) is 25.7 Å². The molecule has 35 heavy (non-hydrogen) atoms. The topological polar surface area (TPSA) is 120 Å². The second-order valence-electron chi connectivity index (χ2n) is 8.66. The zero-order chi connectivity index (χ0) is 25.2. The number of amides is 2. The molecule has 4 aromatic rings. The van der Waals surface area contributed by atoms with Gasteiger partial charge >= 0.3 is 6.03 Å². The molecule has 0 spiro atoms. The molecule has 4 rings (SSSR count). The number of nitrogens with zero attached hydrogens (tertiary/aromatic N) is 4. The number of carbonyl (C=O) groups excluding carboxylic acids is 1. The first-order chi connectivity index (χ1) is 16.6. The number of nitrogens with one attached hydrogen (secondary N) is 2. The van der Waals surface area contributed by atoms with Gasteiger partial charge in [0.05, 0.1) is 17.1 Å². The van der Waals surface area contributed by atoms with Gasteiger partial charge in [-0.15, -0.1) is 0 Å². The van der Waals surface area contributed by atoms with E-state index in [9.17, 15) is 13.6 Å². The van der Waals surface area contributed by atoms with Crippen LogP contribution in [0.4, 0.5) is 30.9 Å². The number of benzene rings is 2. The summed E-state index contributed by atoms with van der Waals surface area (Å²) in [6.07, 6.45) is 1.23. The Labute approximate surface area is 200 Å². The summed E-state index contributed by atoms with van der Waals surface area (Å²) < 4.78 is 35.0. The van der Waals surface area contributed by atoms with Gasteiger partial charge in [-0.1, -0.05) is 20.8 Å². The summed E-state index contributed by atoms with van der Waals surface area (Å²) in [5, 5.41) is 9.71. The molecule has 180 valence electrons. The lowest BCUT2D eigenvalue weighted by Crippen LogP contribution is -2.22. The Balaban J connectivity index is 1.52. The van der Waals surface area contributed by atoms with Crippen molar-refractivity contribution in [2.75, 3.05) is 16.4 Å². The highest BCUT2D eigenvalue weighted by molar-refractivity contribution is 5.99. The van der Waals surface area contributed by atoms with Crippen molar-refractivity contribution < 1.29 is 18.3 Å². The molecule has 0 atom stereocenters. The van der Waals surface area contributed by atoms with Crippen molar-refractivity contribution in [2.45, 2.75) is 26.2 Å². The van der Waals surface area contributed by atoms with E-state index in [-0.39, 0.29) is 28.5 Å². The van der Waals surface area contributed by atoms with Crippen molar-refractivity contribution in [3.05, 3.63) is 78.3 Å². The molecule has 9 nitrogen and oxygen atoms in total. The average molecular weight is 479 g/mol. The first-order valence-electron chi connectivity index (χ1n) is 10.6. The van der Waals surface area contributed by atoms with E-state index in [0.717, 1.165) is 6.07 Å². The molecule has 0 radical (unpaired) electrons. The third-order valence-corrected chi connectivity index (χ3v) is 4.86. The largest absolute Gasteiger partial charge is 0.439 e. The van der Waals surface area contributed by atoms with Crippen molar-refractivity contribution in [3.63, 3.8) is 0 Å². The maximum atomic E-state index is 14.6. The monoisotopic (exact) mass is 479 g/mol. The predicted molar refractivity (Wildman–Crippen MR) is 128 cm³/mol. The van der Waals surface area contributed by atoms with Gasteiger partial charge in [0.25, 0.3) is 0 Å². The molecule has 4 N–H and O–H groups in total. The lowest BCUT2D eigenvalue weighted by Gasteiger charge is -2.14. The van der Waals surface area contributed by atoms with Crippen molar-refractivity contribution in [3.8, 4) is 17.3 Å². The van der Waals surface area contributed by atoms with Crippen LogP contribution in [-0.4, -0.2) is 25.8 Å². The highest BCUT2D eigenvalue weighted by atomic mass is 19.1. The van der Waals surface area contributed by atoms with Crippen LogP contribution < -0.4 is 21.1 Å². The molecule has 2 aromatic carbocycles. The molecule has 2 heterocycles. The number of hydrogen-bond donors (Lipinski definition) is 3. The van der Waals surface area contributed by atoms with Crippen LogP contribution in [0.25, 0.3) is 5.69 Å². The minimum Gasteiger partial charge on any atom is -0.439 e. The number of nitrogens with two attached hydrogens (primary N) is 1. The summed E-state index contributed by atoms with van der Waals surface area (Å²) in [5.74, 6) is -0.257. The fraction of sp³-hybridized carbons (Fsp3) is 0.167. The molecular weight excluding hydrogens is 456 g/mol. The Hall–Kier alpha value is -4.54. The lowest BCUT2D eigenvalue weighted by atomic mass is 9.92. The van der Waals surface area contributed by atoms with Gasteiger partial charge < -0.3 is 15.8 Å². The highest BCUT2D eigenvalue weighted by Gasteiger charge is 2.22.